The first-order valence-corrected chi connectivity index (χ1v) is 7.59. The Hall–Kier alpha value is -0.610. The SMILES string of the molecule is CCN(CC)CCCC(C)NC(=O)CCC(C)(C)N. The molecule has 0 bridgehead atoms. The van der Waals surface area contributed by atoms with Crippen LogP contribution < -0.4 is 11.1 Å². The van der Waals surface area contributed by atoms with Crippen molar-refractivity contribution in [2.45, 2.75) is 71.9 Å². The Morgan fingerprint density at radius 2 is 1.89 bits per heavy atom. The largest absolute Gasteiger partial charge is 0.354 e. The second kappa shape index (κ2) is 9.32. The first-order valence-electron chi connectivity index (χ1n) is 7.59. The minimum atomic E-state index is -0.261. The Kier molecular flexibility index (Phi) is 9.02. The van der Waals surface area contributed by atoms with Crippen LogP contribution in [0.15, 0.2) is 0 Å². The average Bonchev–Trinajstić information content (AvgIpc) is 2.31. The summed E-state index contributed by atoms with van der Waals surface area (Å²) in [7, 11) is 0. The highest BCUT2D eigenvalue weighted by Gasteiger charge is 2.14. The fraction of sp³-hybridized carbons (Fsp3) is 0.933. The van der Waals surface area contributed by atoms with Gasteiger partial charge in [-0.15, -0.1) is 0 Å². The molecule has 0 spiro atoms. The second-order valence-corrected chi connectivity index (χ2v) is 6.13. The third-order valence-electron chi connectivity index (χ3n) is 3.41. The van der Waals surface area contributed by atoms with E-state index in [0.29, 0.717) is 6.42 Å². The van der Waals surface area contributed by atoms with Gasteiger partial charge in [-0.25, -0.2) is 0 Å². The number of carbonyl (C=O) groups excluding carboxylic acids is 1. The van der Waals surface area contributed by atoms with E-state index in [4.69, 9.17) is 5.73 Å². The van der Waals surface area contributed by atoms with Crippen molar-refractivity contribution in [3.05, 3.63) is 0 Å². The molecule has 3 N–H and O–H groups in total. The van der Waals surface area contributed by atoms with Gasteiger partial charge in [0.2, 0.25) is 5.91 Å². The lowest BCUT2D eigenvalue weighted by Gasteiger charge is -2.21. The quantitative estimate of drug-likeness (QED) is 0.640. The summed E-state index contributed by atoms with van der Waals surface area (Å²) in [4.78, 5) is 14.1. The van der Waals surface area contributed by atoms with Gasteiger partial charge in [0.25, 0.3) is 0 Å². The van der Waals surface area contributed by atoms with Gasteiger partial charge < -0.3 is 16.0 Å². The summed E-state index contributed by atoms with van der Waals surface area (Å²) in [6, 6.07) is 0.254. The van der Waals surface area contributed by atoms with E-state index in [1.165, 1.54) is 0 Å². The van der Waals surface area contributed by atoms with Crippen LogP contribution in [0.2, 0.25) is 0 Å². The van der Waals surface area contributed by atoms with Crippen LogP contribution in [0.5, 0.6) is 0 Å². The lowest BCUT2D eigenvalue weighted by Crippen LogP contribution is -2.37. The highest BCUT2D eigenvalue weighted by atomic mass is 16.1. The van der Waals surface area contributed by atoms with Gasteiger partial charge in [0.1, 0.15) is 0 Å². The molecule has 0 aromatic heterocycles. The predicted octanol–water partition coefficient (Wildman–Crippen LogP) is 2.13. The molecule has 19 heavy (non-hydrogen) atoms. The van der Waals surface area contributed by atoms with Crippen molar-refractivity contribution in [3.8, 4) is 0 Å². The Balaban J connectivity index is 3.73. The van der Waals surface area contributed by atoms with E-state index in [0.717, 1.165) is 38.9 Å². The fourth-order valence-corrected chi connectivity index (χ4v) is 2.02. The lowest BCUT2D eigenvalue weighted by atomic mass is 10.00. The molecular formula is C15H33N3O. The number of nitrogens with two attached hydrogens (primary N) is 1. The topological polar surface area (TPSA) is 58.4 Å². The lowest BCUT2D eigenvalue weighted by molar-refractivity contribution is -0.122. The van der Waals surface area contributed by atoms with Crippen LogP contribution in [0, 0.1) is 0 Å². The third kappa shape index (κ3) is 11.0. The Morgan fingerprint density at radius 3 is 2.37 bits per heavy atom. The first-order chi connectivity index (χ1) is 8.78. The number of rotatable bonds is 10. The molecule has 4 nitrogen and oxygen atoms in total. The zero-order chi connectivity index (χ0) is 14.9. The number of hydrogen-bond acceptors (Lipinski definition) is 3. The number of carbonyl (C=O) groups is 1. The maximum atomic E-state index is 11.7. The molecule has 0 heterocycles. The van der Waals surface area contributed by atoms with Crippen LogP contribution in [0.1, 0.15) is 60.3 Å². The highest BCUT2D eigenvalue weighted by Crippen LogP contribution is 2.07. The standard InChI is InChI=1S/C15H33N3O/c1-6-18(7-2)12-8-9-13(3)17-14(19)10-11-15(4,5)16/h13H,6-12,16H2,1-5H3,(H,17,19). The van der Waals surface area contributed by atoms with Crippen molar-refractivity contribution in [2.75, 3.05) is 19.6 Å². The van der Waals surface area contributed by atoms with E-state index in [1.54, 1.807) is 0 Å². The van der Waals surface area contributed by atoms with Gasteiger partial charge in [0.15, 0.2) is 0 Å². The van der Waals surface area contributed by atoms with Crippen molar-refractivity contribution >= 4 is 5.91 Å². The molecule has 0 rings (SSSR count). The Labute approximate surface area is 119 Å². The maximum Gasteiger partial charge on any atom is 0.220 e. The van der Waals surface area contributed by atoms with Gasteiger partial charge in [-0.1, -0.05) is 13.8 Å². The third-order valence-corrected chi connectivity index (χ3v) is 3.41. The summed E-state index contributed by atoms with van der Waals surface area (Å²) >= 11 is 0. The molecule has 0 fully saturated rings. The zero-order valence-corrected chi connectivity index (χ0v) is 13.5. The molecule has 0 aromatic rings. The summed E-state index contributed by atoms with van der Waals surface area (Å²) in [5, 5.41) is 3.05. The molecule has 0 saturated heterocycles. The monoisotopic (exact) mass is 271 g/mol. The van der Waals surface area contributed by atoms with Crippen LogP contribution in [0.4, 0.5) is 0 Å². The van der Waals surface area contributed by atoms with Crippen molar-refractivity contribution in [1.29, 1.82) is 0 Å². The maximum absolute atomic E-state index is 11.7. The minimum absolute atomic E-state index is 0.119. The van der Waals surface area contributed by atoms with Crippen LogP contribution in [0.3, 0.4) is 0 Å². The van der Waals surface area contributed by atoms with Crippen LogP contribution >= 0.6 is 0 Å². The fourth-order valence-electron chi connectivity index (χ4n) is 2.02. The number of amides is 1. The molecule has 0 aliphatic heterocycles. The molecule has 4 heteroatoms. The Bertz CT molecular complexity index is 244. The van der Waals surface area contributed by atoms with Crippen molar-refractivity contribution in [1.82, 2.24) is 10.2 Å². The summed E-state index contributed by atoms with van der Waals surface area (Å²) < 4.78 is 0. The smallest absolute Gasteiger partial charge is 0.220 e. The van der Waals surface area contributed by atoms with Crippen LogP contribution in [-0.4, -0.2) is 42.0 Å². The summed E-state index contributed by atoms with van der Waals surface area (Å²) in [6.45, 7) is 13.7. The normalized spacial score (nSPS) is 13.6. The van der Waals surface area contributed by atoms with Gasteiger partial charge in [-0.05, 0) is 59.7 Å². The molecule has 0 saturated carbocycles. The molecule has 1 unspecified atom stereocenters. The first kappa shape index (κ1) is 18.4. The Morgan fingerprint density at radius 1 is 1.32 bits per heavy atom. The number of nitrogens with one attached hydrogen (secondary N) is 1. The van der Waals surface area contributed by atoms with E-state index < -0.39 is 0 Å². The number of hydrogen-bond donors (Lipinski definition) is 2. The van der Waals surface area contributed by atoms with Gasteiger partial charge in [-0.2, -0.15) is 0 Å². The molecule has 1 amide bonds. The highest BCUT2D eigenvalue weighted by molar-refractivity contribution is 5.76. The minimum Gasteiger partial charge on any atom is -0.354 e. The summed E-state index contributed by atoms with van der Waals surface area (Å²) in [5.74, 6) is 0.119. The van der Waals surface area contributed by atoms with Crippen molar-refractivity contribution < 1.29 is 4.79 Å². The van der Waals surface area contributed by atoms with Gasteiger partial charge in [0.05, 0.1) is 0 Å². The molecule has 0 aromatic carbocycles. The second-order valence-electron chi connectivity index (χ2n) is 6.13. The van der Waals surface area contributed by atoms with Gasteiger partial charge in [-0.3, -0.25) is 4.79 Å². The molecule has 0 aliphatic carbocycles. The molecule has 1 atom stereocenters. The van der Waals surface area contributed by atoms with Gasteiger partial charge in [0, 0.05) is 18.0 Å². The molecular weight excluding hydrogens is 238 g/mol. The molecule has 0 radical (unpaired) electrons. The van der Waals surface area contributed by atoms with Crippen molar-refractivity contribution in [2.24, 2.45) is 5.73 Å². The van der Waals surface area contributed by atoms with E-state index in [2.05, 4.69) is 31.0 Å². The predicted molar refractivity (Wildman–Crippen MR) is 82.1 cm³/mol. The summed E-state index contributed by atoms with van der Waals surface area (Å²) in [5.41, 5.74) is 5.61. The van der Waals surface area contributed by atoms with E-state index in [-0.39, 0.29) is 17.5 Å². The zero-order valence-electron chi connectivity index (χ0n) is 13.5. The molecule has 0 aliphatic rings. The number of nitrogens with zero attached hydrogens (tertiary/aromatic N) is 1. The summed E-state index contributed by atoms with van der Waals surface area (Å²) in [6.07, 6.45) is 3.41. The molecule has 114 valence electrons. The van der Waals surface area contributed by atoms with Crippen molar-refractivity contribution in [3.63, 3.8) is 0 Å². The van der Waals surface area contributed by atoms with E-state index >= 15 is 0 Å². The van der Waals surface area contributed by atoms with Crippen LogP contribution in [-0.2, 0) is 4.79 Å². The van der Waals surface area contributed by atoms with Gasteiger partial charge >= 0.3 is 0 Å². The van der Waals surface area contributed by atoms with Crippen LogP contribution in [0.25, 0.3) is 0 Å². The van der Waals surface area contributed by atoms with E-state index in [1.807, 2.05) is 13.8 Å². The van der Waals surface area contributed by atoms with E-state index in [9.17, 15) is 4.79 Å². The average molecular weight is 271 g/mol.